The average molecular weight is 321 g/mol. The van der Waals surface area contributed by atoms with E-state index in [2.05, 4.69) is 5.10 Å². The van der Waals surface area contributed by atoms with Crippen LogP contribution >= 0.6 is 12.4 Å². The number of hydrogen-bond acceptors (Lipinski definition) is 3. The Morgan fingerprint density at radius 2 is 2.09 bits per heavy atom. The molecule has 118 valence electrons. The lowest BCUT2D eigenvalue weighted by molar-refractivity contribution is -0.131. The minimum absolute atomic E-state index is 0. The predicted molar refractivity (Wildman–Crippen MR) is 88.3 cm³/mol. The van der Waals surface area contributed by atoms with Gasteiger partial charge >= 0.3 is 0 Å². The lowest BCUT2D eigenvalue weighted by atomic mass is 10.0. The van der Waals surface area contributed by atoms with E-state index in [-0.39, 0.29) is 24.4 Å². The molecule has 1 atom stereocenters. The van der Waals surface area contributed by atoms with E-state index in [1.165, 1.54) is 0 Å². The topological polar surface area (TPSA) is 64.2 Å². The first kappa shape index (κ1) is 16.5. The lowest BCUT2D eigenvalue weighted by Gasteiger charge is -2.30. The van der Waals surface area contributed by atoms with Gasteiger partial charge < -0.3 is 10.6 Å². The Hall–Kier alpha value is -1.85. The van der Waals surface area contributed by atoms with E-state index in [0.29, 0.717) is 13.0 Å². The first-order valence-electron chi connectivity index (χ1n) is 7.35. The zero-order valence-electron chi connectivity index (χ0n) is 12.4. The van der Waals surface area contributed by atoms with Crippen LogP contribution in [0.2, 0.25) is 0 Å². The maximum atomic E-state index is 12.3. The molecular weight excluding hydrogens is 300 g/mol. The van der Waals surface area contributed by atoms with Crippen molar-refractivity contribution < 1.29 is 4.79 Å². The smallest absolute Gasteiger partial charge is 0.227 e. The van der Waals surface area contributed by atoms with Crippen LogP contribution in [0, 0.1) is 0 Å². The van der Waals surface area contributed by atoms with Gasteiger partial charge in [-0.15, -0.1) is 12.4 Å². The van der Waals surface area contributed by atoms with Gasteiger partial charge in [0, 0.05) is 31.5 Å². The Morgan fingerprint density at radius 1 is 1.32 bits per heavy atom. The second-order valence-electron chi connectivity index (χ2n) is 5.54. The SMILES string of the molecule is Cl.NC1CCCN(C(=O)Cc2ccc(-n3cccn3)cc2)C1. The van der Waals surface area contributed by atoms with Gasteiger partial charge in [0.1, 0.15) is 0 Å². The molecule has 1 aliphatic rings. The van der Waals surface area contributed by atoms with Crippen LogP contribution in [0.4, 0.5) is 0 Å². The number of amides is 1. The van der Waals surface area contributed by atoms with Crippen LogP contribution < -0.4 is 5.73 Å². The summed E-state index contributed by atoms with van der Waals surface area (Å²) in [5, 5.41) is 4.19. The number of benzene rings is 1. The lowest BCUT2D eigenvalue weighted by Crippen LogP contribution is -2.46. The third-order valence-corrected chi connectivity index (χ3v) is 3.87. The standard InChI is InChI=1S/C16H20N4O.ClH/c17-14-3-1-9-19(12-14)16(21)11-13-4-6-15(7-5-13)20-10-2-8-18-20;/h2,4-8,10,14H,1,3,9,11-12,17H2;1H. The van der Waals surface area contributed by atoms with Gasteiger partial charge in [-0.2, -0.15) is 5.10 Å². The quantitative estimate of drug-likeness (QED) is 0.937. The summed E-state index contributed by atoms with van der Waals surface area (Å²) in [4.78, 5) is 14.2. The van der Waals surface area contributed by atoms with Crippen molar-refractivity contribution in [1.29, 1.82) is 0 Å². The highest BCUT2D eigenvalue weighted by Crippen LogP contribution is 2.13. The third-order valence-electron chi connectivity index (χ3n) is 3.87. The van der Waals surface area contributed by atoms with Gasteiger partial charge in [0.05, 0.1) is 12.1 Å². The van der Waals surface area contributed by atoms with E-state index >= 15 is 0 Å². The van der Waals surface area contributed by atoms with E-state index in [1.807, 2.05) is 41.4 Å². The van der Waals surface area contributed by atoms with Gasteiger partial charge in [-0.3, -0.25) is 4.79 Å². The molecule has 1 aliphatic heterocycles. The maximum absolute atomic E-state index is 12.3. The van der Waals surface area contributed by atoms with Gasteiger partial charge in [0.2, 0.25) is 5.91 Å². The molecule has 2 aromatic rings. The number of nitrogens with two attached hydrogens (primary N) is 1. The molecule has 5 nitrogen and oxygen atoms in total. The molecule has 0 aliphatic carbocycles. The monoisotopic (exact) mass is 320 g/mol. The van der Waals surface area contributed by atoms with Crippen molar-refractivity contribution in [1.82, 2.24) is 14.7 Å². The highest BCUT2D eigenvalue weighted by atomic mass is 35.5. The number of aromatic nitrogens is 2. The molecule has 0 saturated carbocycles. The molecule has 1 aromatic carbocycles. The molecule has 0 bridgehead atoms. The number of carbonyl (C=O) groups is 1. The number of carbonyl (C=O) groups excluding carboxylic acids is 1. The largest absolute Gasteiger partial charge is 0.341 e. The second-order valence-corrected chi connectivity index (χ2v) is 5.54. The summed E-state index contributed by atoms with van der Waals surface area (Å²) < 4.78 is 1.80. The van der Waals surface area contributed by atoms with Crippen molar-refractivity contribution >= 4 is 18.3 Å². The molecule has 1 aromatic heterocycles. The minimum atomic E-state index is 0. The van der Waals surface area contributed by atoms with Crippen LogP contribution in [0.1, 0.15) is 18.4 Å². The summed E-state index contributed by atoms with van der Waals surface area (Å²) in [5.74, 6) is 0.164. The highest BCUT2D eigenvalue weighted by molar-refractivity contribution is 5.85. The summed E-state index contributed by atoms with van der Waals surface area (Å²) >= 11 is 0. The predicted octanol–water partition coefficient (Wildman–Crippen LogP) is 1.79. The molecular formula is C16H21ClN4O. The Kier molecular flexibility index (Phi) is 5.57. The van der Waals surface area contributed by atoms with Crippen LogP contribution in [0.15, 0.2) is 42.7 Å². The summed E-state index contributed by atoms with van der Waals surface area (Å²) in [5.41, 5.74) is 7.95. The summed E-state index contributed by atoms with van der Waals surface area (Å²) in [6, 6.07) is 9.95. The molecule has 22 heavy (non-hydrogen) atoms. The Labute approximate surface area is 136 Å². The Morgan fingerprint density at radius 3 is 2.73 bits per heavy atom. The van der Waals surface area contributed by atoms with Gasteiger partial charge in [-0.05, 0) is 36.6 Å². The fourth-order valence-corrected chi connectivity index (χ4v) is 2.71. The molecule has 1 unspecified atom stereocenters. The molecule has 2 N–H and O–H groups in total. The van der Waals surface area contributed by atoms with Crippen molar-refractivity contribution in [2.24, 2.45) is 5.73 Å². The van der Waals surface area contributed by atoms with Crippen LogP contribution in [0.5, 0.6) is 0 Å². The van der Waals surface area contributed by atoms with E-state index in [1.54, 1.807) is 10.9 Å². The summed E-state index contributed by atoms with van der Waals surface area (Å²) in [6.45, 7) is 1.52. The van der Waals surface area contributed by atoms with Gasteiger partial charge in [-0.1, -0.05) is 12.1 Å². The normalized spacial score (nSPS) is 17.9. The molecule has 6 heteroatoms. The summed E-state index contributed by atoms with van der Waals surface area (Å²) in [7, 11) is 0. The van der Waals surface area contributed by atoms with E-state index < -0.39 is 0 Å². The highest BCUT2D eigenvalue weighted by Gasteiger charge is 2.21. The van der Waals surface area contributed by atoms with E-state index in [0.717, 1.165) is 30.6 Å². The van der Waals surface area contributed by atoms with Gasteiger partial charge in [0.15, 0.2) is 0 Å². The molecule has 0 radical (unpaired) electrons. The fraction of sp³-hybridized carbons (Fsp3) is 0.375. The molecule has 2 heterocycles. The number of rotatable bonds is 3. The van der Waals surface area contributed by atoms with Crippen molar-refractivity contribution in [3.63, 3.8) is 0 Å². The van der Waals surface area contributed by atoms with Crippen LogP contribution in [-0.2, 0) is 11.2 Å². The van der Waals surface area contributed by atoms with Crippen LogP contribution in [0.25, 0.3) is 5.69 Å². The van der Waals surface area contributed by atoms with E-state index in [9.17, 15) is 4.79 Å². The fourth-order valence-electron chi connectivity index (χ4n) is 2.71. The average Bonchev–Trinajstić information content (AvgIpc) is 3.02. The molecule has 3 rings (SSSR count). The zero-order chi connectivity index (χ0) is 14.7. The molecule has 1 saturated heterocycles. The van der Waals surface area contributed by atoms with Gasteiger partial charge in [0.25, 0.3) is 0 Å². The van der Waals surface area contributed by atoms with Gasteiger partial charge in [-0.25, -0.2) is 4.68 Å². The number of likely N-dealkylation sites (tertiary alicyclic amines) is 1. The first-order valence-corrected chi connectivity index (χ1v) is 7.35. The number of halogens is 1. The number of piperidine rings is 1. The first-order chi connectivity index (χ1) is 10.2. The minimum Gasteiger partial charge on any atom is -0.341 e. The second kappa shape index (κ2) is 7.42. The number of nitrogens with zero attached hydrogens (tertiary/aromatic N) is 3. The maximum Gasteiger partial charge on any atom is 0.227 e. The number of hydrogen-bond donors (Lipinski definition) is 1. The van der Waals surface area contributed by atoms with Crippen molar-refractivity contribution in [3.05, 3.63) is 48.3 Å². The van der Waals surface area contributed by atoms with Crippen molar-refractivity contribution in [2.75, 3.05) is 13.1 Å². The van der Waals surface area contributed by atoms with Crippen molar-refractivity contribution in [3.8, 4) is 5.69 Å². The third kappa shape index (κ3) is 3.87. The molecule has 1 amide bonds. The zero-order valence-corrected chi connectivity index (χ0v) is 13.2. The molecule has 0 spiro atoms. The summed E-state index contributed by atoms with van der Waals surface area (Å²) in [6.07, 6.45) is 6.10. The van der Waals surface area contributed by atoms with Crippen LogP contribution in [-0.4, -0.2) is 39.7 Å². The van der Waals surface area contributed by atoms with Crippen LogP contribution in [0.3, 0.4) is 0 Å². The Balaban J connectivity index is 0.00000176. The Bertz CT molecular complexity index is 597. The van der Waals surface area contributed by atoms with E-state index in [4.69, 9.17) is 5.73 Å². The van der Waals surface area contributed by atoms with Crippen molar-refractivity contribution in [2.45, 2.75) is 25.3 Å². The molecule has 1 fully saturated rings.